The summed E-state index contributed by atoms with van der Waals surface area (Å²) < 4.78 is 5.66. The molecule has 0 saturated carbocycles. The zero-order valence-corrected chi connectivity index (χ0v) is 21.1. The maximum atomic E-state index is 13.0. The monoisotopic (exact) mass is 482 g/mol. The van der Waals surface area contributed by atoms with Gasteiger partial charge in [0.25, 0.3) is 0 Å². The Balaban J connectivity index is 1.93. The first-order valence-electron chi connectivity index (χ1n) is 12.3. The molecule has 0 fully saturated rings. The number of amides is 2. The molecule has 0 heterocycles. The summed E-state index contributed by atoms with van der Waals surface area (Å²) in [5.74, 6) is -0.914. The molecule has 0 aromatic heterocycles. The Labute approximate surface area is 208 Å². The normalized spacial score (nSPS) is 11.1. The largest absolute Gasteiger partial charge is 0.481 e. The van der Waals surface area contributed by atoms with Crippen LogP contribution < -0.4 is 5.32 Å². The van der Waals surface area contributed by atoms with E-state index in [9.17, 15) is 14.4 Å². The Kier molecular flexibility index (Phi) is 11.3. The molecule has 0 saturated heterocycles. The highest BCUT2D eigenvalue weighted by molar-refractivity contribution is 5.76. The summed E-state index contributed by atoms with van der Waals surface area (Å²) >= 11 is 0. The van der Waals surface area contributed by atoms with Gasteiger partial charge in [0.1, 0.15) is 5.60 Å². The molecule has 0 aliphatic carbocycles. The van der Waals surface area contributed by atoms with Crippen LogP contribution in [0.15, 0.2) is 54.6 Å². The third-order valence-electron chi connectivity index (χ3n) is 5.34. The van der Waals surface area contributed by atoms with Crippen LogP contribution in [-0.2, 0) is 20.9 Å². The summed E-state index contributed by atoms with van der Waals surface area (Å²) in [7, 11) is 0. The van der Waals surface area contributed by atoms with Gasteiger partial charge in [0.15, 0.2) is 0 Å². The molecule has 0 unspecified atom stereocenters. The van der Waals surface area contributed by atoms with Crippen LogP contribution in [0, 0.1) is 0 Å². The molecular weight excluding hydrogens is 444 g/mol. The summed E-state index contributed by atoms with van der Waals surface area (Å²) in [6.07, 6.45) is 2.55. The fourth-order valence-corrected chi connectivity index (χ4v) is 3.63. The van der Waals surface area contributed by atoms with Crippen molar-refractivity contribution < 1.29 is 24.2 Å². The molecule has 0 spiro atoms. The van der Waals surface area contributed by atoms with E-state index < -0.39 is 11.6 Å². The molecule has 0 bridgehead atoms. The van der Waals surface area contributed by atoms with Gasteiger partial charge in [-0.25, -0.2) is 4.79 Å². The van der Waals surface area contributed by atoms with Crippen LogP contribution in [0.2, 0.25) is 0 Å². The highest BCUT2D eigenvalue weighted by Gasteiger charge is 2.23. The fourth-order valence-electron chi connectivity index (χ4n) is 3.63. The second kappa shape index (κ2) is 14.1. The van der Waals surface area contributed by atoms with Gasteiger partial charge in [0.05, 0.1) is 0 Å². The number of carboxylic acids is 1. The van der Waals surface area contributed by atoms with Crippen molar-refractivity contribution in [2.45, 2.75) is 71.4 Å². The molecule has 190 valence electrons. The number of carbonyl (C=O) groups is 3. The van der Waals surface area contributed by atoms with Gasteiger partial charge in [0, 0.05) is 32.5 Å². The highest BCUT2D eigenvalue weighted by Crippen LogP contribution is 2.25. The number of aliphatic carboxylic acids is 1. The number of hydrogen-bond acceptors (Lipinski definition) is 4. The lowest BCUT2D eigenvalue weighted by Gasteiger charge is -2.28. The number of ether oxygens (including phenoxy) is 1. The first-order chi connectivity index (χ1) is 16.7. The minimum atomic E-state index is -0.841. The van der Waals surface area contributed by atoms with Crippen LogP contribution in [0.4, 0.5) is 4.79 Å². The van der Waals surface area contributed by atoms with Gasteiger partial charge in [-0.3, -0.25) is 9.59 Å². The van der Waals surface area contributed by atoms with E-state index in [2.05, 4.69) is 23.5 Å². The van der Waals surface area contributed by atoms with E-state index in [1.807, 2.05) is 57.2 Å². The predicted molar refractivity (Wildman–Crippen MR) is 137 cm³/mol. The Morgan fingerprint density at radius 1 is 0.886 bits per heavy atom. The van der Waals surface area contributed by atoms with Crippen molar-refractivity contribution in [3.8, 4) is 11.1 Å². The molecule has 2 N–H and O–H groups in total. The van der Waals surface area contributed by atoms with Crippen LogP contribution in [0.1, 0.15) is 64.9 Å². The van der Waals surface area contributed by atoms with Gasteiger partial charge in [-0.15, -0.1) is 0 Å². The van der Waals surface area contributed by atoms with Gasteiger partial charge < -0.3 is 20.1 Å². The Hall–Kier alpha value is -3.35. The van der Waals surface area contributed by atoms with Crippen molar-refractivity contribution in [2.75, 3.05) is 13.1 Å². The maximum Gasteiger partial charge on any atom is 0.410 e. The molecule has 7 nitrogen and oxygen atoms in total. The number of rotatable bonds is 13. The van der Waals surface area contributed by atoms with E-state index in [1.54, 1.807) is 4.90 Å². The first kappa shape index (κ1) is 27.9. The predicted octanol–water partition coefficient (Wildman–Crippen LogP) is 5.63. The summed E-state index contributed by atoms with van der Waals surface area (Å²) in [6, 6.07) is 18.1. The average molecular weight is 483 g/mol. The number of carboxylic acid groups (broad SMARTS) is 1. The highest BCUT2D eigenvalue weighted by atomic mass is 16.6. The van der Waals surface area contributed by atoms with Gasteiger partial charge in [-0.2, -0.15) is 0 Å². The first-order valence-corrected chi connectivity index (χ1v) is 12.3. The SMILES string of the molecule is CC(C)(C)OC(=O)N(CCCCNC(=O)CCCCC(=O)O)Cc1ccccc1-c1ccccc1. The smallest absolute Gasteiger partial charge is 0.410 e. The van der Waals surface area contributed by atoms with Crippen LogP contribution in [-0.4, -0.2) is 46.7 Å². The lowest BCUT2D eigenvalue weighted by molar-refractivity contribution is -0.137. The number of nitrogens with one attached hydrogen (secondary N) is 1. The van der Waals surface area contributed by atoms with Crippen molar-refractivity contribution in [3.63, 3.8) is 0 Å². The fraction of sp³-hybridized carbons (Fsp3) is 0.464. The summed E-state index contributed by atoms with van der Waals surface area (Å²) in [5, 5.41) is 11.5. The molecule has 35 heavy (non-hydrogen) atoms. The lowest BCUT2D eigenvalue weighted by Crippen LogP contribution is -2.37. The molecule has 7 heteroatoms. The Bertz CT molecular complexity index is 953. The second-order valence-corrected chi connectivity index (χ2v) is 9.58. The third kappa shape index (κ3) is 11.1. The van der Waals surface area contributed by atoms with Gasteiger partial charge >= 0.3 is 12.1 Å². The van der Waals surface area contributed by atoms with E-state index in [1.165, 1.54) is 0 Å². The van der Waals surface area contributed by atoms with E-state index in [4.69, 9.17) is 9.84 Å². The van der Waals surface area contributed by atoms with E-state index in [-0.39, 0.29) is 18.4 Å². The minimum Gasteiger partial charge on any atom is -0.481 e. The molecule has 2 amide bonds. The minimum absolute atomic E-state index is 0.0730. The van der Waals surface area contributed by atoms with E-state index >= 15 is 0 Å². The van der Waals surface area contributed by atoms with Crippen molar-refractivity contribution in [3.05, 3.63) is 60.2 Å². The molecule has 2 aromatic carbocycles. The van der Waals surface area contributed by atoms with Gasteiger partial charge in [-0.1, -0.05) is 54.6 Å². The third-order valence-corrected chi connectivity index (χ3v) is 5.34. The molecular formula is C28H38N2O5. The van der Waals surface area contributed by atoms with Crippen LogP contribution >= 0.6 is 0 Å². The Morgan fingerprint density at radius 2 is 1.54 bits per heavy atom. The molecule has 2 aromatic rings. The quantitative estimate of drug-likeness (QED) is 0.361. The second-order valence-electron chi connectivity index (χ2n) is 9.58. The number of hydrogen-bond donors (Lipinski definition) is 2. The Morgan fingerprint density at radius 3 is 2.23 bits per heavy atom. The number of nitrogens with zero attached hydrogens (tertiary/aromatic N) is 1. The molecule has 2 rings (SSSR count). The number of carbonyl (C=O) groups excluding carboxylic acids is 2. The standard InChI is InChI=1S/C28H38N2O5/c1-28(2,3)35-27(34)30(20-12-11-19-29-25(31)17-9-10-18-26(32)33)21-23-15-7-8-16-24(23)22-13-5-4-6-14-22/h4-8,13-16H,9-12,17-21H2,1-3H3,(H,29,31)(H,32,33). The summed E-state index contributed by atoms with van der Waals surface area (Å²) in [4.78, 5) is 37.1. The van der Waals surface area contributed by atoms with Crippen LogP contribution in [0.3, 0.4) is 0 Å². The number of unbranched alkanes of at least 4 members (excludes halogenated alkanes) is 2. The zero-order valence-electron chi connectivity index (χ0n) is 21.1. The van der Waals surface area contributed by atoms with Gasteiger partial charge in [0.2, 0.25) is 5.91 Å². The average Bonchev–Trinajstić information content (AvgIpc) is 2.80. The lowest BCUT2D eigenvalue weighted by atomic mass is 9.99. The number of benzene rings is 2. The van der Waals surface area contributed by atoms with Crippen molar-refractivity contribution in [2.24, 2.45) is 0 Å². The van der Waals surface area contributed by atoms with Crippen LogP contribution in [0.5, 0.6) is 0 Å². The van der Waals surface area contributed by atoms with Crippen molar-refractivity contribution in [1.29, 1.82) is 0 Å². The topological polar surface area (TPSA) is 95.9 Å². The van der Waals surface area contributed by atoms with E-state index in [0.717, 1.165) is 23.1 Å². The molecule has 0 radical (unpaired) electrons. The summed E-state index contributed by atoms with van der Waals surface area (Å²) in [5.41, 5.74) is 2.62. The molecule has 0 aliphatic rings. The van der Waals surface area contributed by atoms with Crippen molar-refractivity contribution in [1.82, 2.24) is 10.2 Å². The maximum absolute atomic E-state index is 13.0. The van der Waals surface area contributed by atoms with Gasteiger partial charge in [-0.05, 0) is 63.1 Å². The van der Waals surface area contributed by atoms with E-state index in [0.29, 0.717) is 45.3 Å². The molecule has 0 atom stereocenters. The van der Waals surface area contributed by atoms with Crippen LogP contribution in [0.25, 0.3) is 11.1 Å². The molecule has 0 aliphatic heterocycles. The zero-order chi connectivity index (χ0) is 25.7. The van der Waals surface area contributed by atoms with Crippen molar-refractivity contribution >= 4 is 18.0 Å². The summed E-state index contributed by atoms with van der Waals surface area (Å²) in [6.45, 7) is 7.01.